The van der Waals surface area contributed by atoms with Crippen LogP contribution >= 0.6 is 10.0 Å². The van der Waals surface area contributed by atoms with Crippen LogP contribution in [0, 0.1) is 0 Å². The van der Waals surface area contributed by atoms with Gasteiger partial charge in [-0.3, -0.25) is 0 Å². The third-order valence-corrected chi connectivity index (χ3v) is 10.7. The first-order valence-electron chi connectivity index (χ1n) is 9.80. The second kappa shape index (κ2) is 9.53. The fraction of sp³-hybridized carbons (Fsp3) is 1.00. The van der Waals surface area contributed by atoms with Crippen LogP contribution in [0.4, 0.5) is 0 Å². The maximum Gasteiger partial charge on any atom is 0.113 e. The van der Waals surface area contributed by atoms with Gasteiger partial charge in [0.1, 0.15) is 7.28 Å². The lowest BCUT2D eigenvalue weighted by molar-refractivity contribution is 0.500. The average molecular weight is 309 g/mol. The summed E-state index contributed by atoms with van der Waals surface area (Å²) in [6.45, 7) is 2.43. The summed E-state index contributed by atoms with van der Waals surface area (Å²) in [7, 11) is 2.54. The predicted molar refractivity (Wildman–Crippen MR) is 102 cm³/mol. The van der Waals surface area contributed by atoms with Crippen molar-refractivity contribution in [3.63, 3.8) is 0 Å². The number of rotatable bonds is 8. The standard InChI is InChI=1S/C19H38BS/c1-3-19(21(2)16-11-17-21)14-9-10-15-20-18-12-7-5-4-6-8-13-18/h18-19H,3-17H2,1-2H3. The van der Waals surface area contributed by atoms with Gasteiger partial charge in [-0.1, -0.05) is 76.8 Å². The highest BCUT2D eigenvalue weighted by Gasteiger charge is 2.32. The number of hydrogen-bond donors (Lipinski definition) is 0. The summed E-state index contributed by atoms with van der Waals surface area (Å²) in [5.74, 6) is 4.13. The lowest BCUT2D eigenvalue weighted by Crippen LogP contribution is -2.30. The van der Waals surface area contributed by atoms with E-state index in [1.807, 2.05) is 0 Å². The van der Waals surface area contributed by atoms with E-state index in [2.05, 4.69) is 20.5 Å². The third-order valence-electron chi connectivity index (χ3n) is 6.11. The SMILES string of the molecule is CCC(CCCC[B]C1CCCCCCC1)S1(C)CCC1. The molecule has 0 bridgehead atoms. The van der Waals surface area contributed by atoms with Gasteiger partial charge in [0.15, 0.2) is 0 Å². The van der Waals surface area contributed by atoms with Crippen LogP contribution in [0.2, 0.25) is 12.1 Å². The van der Waals surface area contributed by atoms with Gasteiger partial charge in [0.25, 0.3) is 0 Å². The Morgan fingerprint density at radius 3 is 2.19 bits per heavy atom. The Morgan fingerprint density at radius 2 is 1.62 bits per heavy atom. The quantitative estimate of drug-likeness (QED) is 0.358. The zero-order valence-corrected chi connectivity index (χ0v) is 15.6. The van der Waals surface area contributed by atoms with E-state index in [1.165, 1.54) is 83.4 Å². The van der Waals surface area contributed by atoms with Crippen molar-refractivity contribution < 1.29 is 0 Å². The van der Waals surface area contributed by atoms with Crippen molar-refractivity contribution in [2.45, 2.75) is 101 Å². The molecule has 2 rings (SSSR count). The summed E-state index contributed by atoms with van der Waals surface area (Å²) in [6.07, 6.45) is 21.9. The Kier molecular flexibility index (Phi) is 8.06. The molecule has 0 aromatic rings. The Labute approximate surface area is 136 Å². The Hall–Kier alpha value is 0.415. The monoisotopic (exact) mass is 309 g/mol. The second-order valence-electron chi connectivity index (χ2n) is 7.77. The molecule has 1 atom stereocenters. The van der Waals surface area contributed by atoms with Crippen molar-refractivity contribution in [1.82, 2.24) is 0 Å². The summed E-state index contributed by atoms with van der Waals surface area (Å²) in [5.41, 5.74) is 0. The van der Waals surface area contributed by atoms with Crippen molar-refractivity contribution in [2.24, 2.45) is 0 Å². The molecule has 1 radical (unpaired) electrons. The lowest BCUT2D eigenvalue weighted by atomic mass is 9.57. The molecular formula is C19H38BS. The van der Waals surface area contributed by atoms with Crippen LogP contribution in [0.15, 0.2) is 0 Å². The lowest BCUT2D eigenvalue weighted by Gasteiger charge is -2.51. The Balaban J connectivity index is 1.54. The molecule has 0 spiro atoms. The van der Waals surface area contributed by atoms with Crippen LogP contribution in [0.25, 0.3) is 0 Å². The van der Waals surface area contributed by atoms with Crippen molar-refractivity contribution >= 4 is 17.3 Å². The first-order valence-corrected chi connectivity index (χ1v) is 12.2. The molecule has 21 heavy (non-hydrogen) atoms. The van der Waals surface area contributed by atoms with Crippen LogP contribution in [-0.4, -0.2) is 30.3 Å². The van der Waals surface area contributed by atoms with Gasteiger partial charge in [0.05, 0.1) is 0 Å². The van der Waals surface area contributed by atoms with E-state index in [0.29, 0.717) is 0 Å². The minimum absolute atomic E-state index is 0.157. The molecule has 1 saturated carbocycles. The summed E-state index contributed by atoms with van der Waals surface area (Å²) < 4.78 is 0. The van der Waals surface area contributed by atoms with Crippen molar-refractivity contribution in [2.75, 3.05) is 17.8 Å². The average Bonchev–Trinajstić information content (AvgIpc) is 2.42. The highest BCUT2D eigenvalue weighted by molar-refractivity contribution is 8.34. The molecule has 0 N–H and O–H groups in total. The van der Waals surface area contributed by atoms with Crippen molar-refractivity contribution in [1.29, 1.82) is 0 Å². The van der Waals surface area contributed by atoms with Gasteiger partial charge in [-0.15, -0.1) is 0 Å². The van der Waals surface area contributed by atoms with Gasteiger partial charge in [-0.2, -0.15) is 0 Å². The molecule has 1 heterocycles. The van der Waals surface area contributed by atoms with Gasteiger partial charge in [-0.05, 0) is 42.3 Å². The third kappa shape index (κ3) is 5.85. The van der Waals surface area contributed by atoms with Crippen LogP contribution in [-0.2, 0) is 0 Å². The Morgan fingerprint density at radius 1 is 0.952 bits per heavy atom. The van der Waals surface area contributed by atoms with Gasteiger partial charge < -0.3 is 0 Å². The van der Waals surface area contributed by atoms with Gasteiger partial charge in [-0.25, -0.2) is 10.0 Å². The normalized spacial score (nSPS) is 26.2. The van der Waals surface area contributed by atoms with E-state index in [9.17, 15) is 0 Å². The molecule has 1 aliphatic heterocycles. The van der Waals surface area contributed by atoms with E-state index >= 15 is 0 Å². The molecule has 0 nitrogen and oxygen atoms in total. The molecule has 1 saturated heterocycles. The molecule has 1 aliphatic carbocycles. The van der Waals surface area contributed by atoms with Gasteiger partial charge in [0.2, 0.25) is 0 Å². The fourth-order valence-electron chi connectivity index (χ4n) is 4.42. The zero-order chi connectivity index (χ0) is 15.0. The molecule has 2 heteroatoms. The van der Waals surface area contributed by atoms with Crippen molar-refractivity contribution in [3.8, 4) is 0 Å². The van der Waals surface area contributed by atoms with E-state index in [1.54, 1.807) is 11.5 Å². The Bertz CT molecular complexity index is 267. The second-order valence-corrected chi connectivity index (χ2v) is 12.0. The fourth-order valence-corrected chi connectivity index (χ4v) is 7.82. The zero-order valence-electron chi connectivity index (χ0n) is 14.7. The highest BCUT2D eigenvalue weighted by Crippen LogP contribution is 2.59. The minimum Gasteiger partial charge on any atom is -0.241 e. The van der Waals surface area contributed by atoms with Crippen LogP contribution in [0.3, 0.4) is 0 Å². The maximum absolute atomic E-state index is 2.70. The summed E-state index contributed by atoms with van der Waals surface area (Å²) in [5, 5.41) is 1.09. The summed E-state index contributed by atoms with van der Waals surface area (Å²) in [6, 6.07) is 0. The summed E-state index contributed by atoms with van der Waals surface area (Å²) >= 11 is 0. The highest BCUT2D eigenvalue weighted by atomic mass is 32.3. The van der Waals surface area contributed by atoms with Crippen LogP contribution in [0.5, 0.6) is 0 Å². The molecule has 123 valence electrons. The van der Waals surface area contributed by atoms with Crippen LogP contribution in [0.1, 0.15) is 84.0 Å². The first-order chi connectivity index (χ1) is 10.2. The molecule has 0 amide bonds. The van der Waals surface area contributed by atoms with E-state index < -0.39 is 0 Å². The van der Waals surface area contributed by atoms with E-state index in [-0.39, 0.29) is 10.0 Å². The van der Waals surface area contributed by atoms with Crippen molar-refractivity contribution in [3.05, 3.63) is 0 Å². The topological polar surface area (TPSA) is 0 Å². The predicted octanol–water partition coefficient (Wildman–Crippen LogP) is 6.43. The maximum atomic E-state index is 2.70. The largest absolute Gasteiger partial charge is 0.241 e. The minimum atomic E-state index is -0.157. The number of unbranched alkanes of at least 4 members (excludes halogenated alkanes) is 1. The molecule has 1 unspecified atom stereocenters. The molecule has 0 aromatic carbocycles. The van der Waals surface area contributed by atoms with E-state index in [4.69, 9.17) is 0 Å². The van der Waals surface area contributed by atoms with Gasteiger partial charge >= 0.3 is 0 Å². The molecule has 0 aromatic heterocycles. The van der Waals surface area contributed by atoms with Crippen LogP contribution < -0.4 is 0 Å². The molecule has 2 fully saturated rings. The molecular weight excluding hydrogens is 271 g/mol. The van der Waals surface area contributed by atoms with Gasteiger partial charge in [0, 0.05) is 0 Å². The number of hydrogen-bond acceptors (Lipinski definition) is 0. The summed E-state index contributed by atoms with van der Waals surface area (Å²) in [4.78, 5) is 0. The molecule has 2 aliphatic rings. The van der Waals surface area contributed by atoms with E-state index in [0.717, 1.165) is 11.1 Å². The first kappa shape index (κ1) is 17.8. The smallest absolute Gasteiger partial charge is 0.113 e.